The number of hydrogen-bond donors (Lipinski definition) is 0. The van der Waals surface area contributed by atoms with Gasteiger partial charge in [-0.1, -0.05) is 6.58 Å². The first-order chi connectivity index (χ1) is 5.57. The van der Waals surface area contributed by atoms with E-state index in [2.05, 4.69) is 6.58 Å². The van der Waals surface area contributed by atoms with Crippen LogP contribution < -0.4 is 0 Å². The van der Waals surface area contributed by atoms with Gasteiger partial charge in [-0.05, 0) is 20.8 Å². The van der Waals surface area contributed by atoms with Crippen molar-refractivity contribution in [2.75, 3.05) is 13.1 Å². The van der Waals surface area contributed by atoms with E-state index in [0.717, 1.165) is 12.2 Å². The Labute approximate surface area is 73.6 Å². The van der Waals surface area contributed by atoms with E-state index in [1.54, 1.807) is 9.80 Å². The third-order valence-electron chi connectivity index (χ3n) is 2.09. The summed E-state index contributed by atoms with van der Waals surface area (Å²) < 4.78 is 0. The zero-order chi connectivity index (χ0) is 9.30. The summed E-state index contributed by atoms with van der Waals surface area (Å²) in [4.78, 5) is 15.1. The van der Waals surface area contributed by atoms with Crippen LogP contribution in [0.3, 0.4) is 0 Å². The first-order valence-corrected chi connectivity index (χ1v) is 4.33. The Morgan fingerprint density at radius 1 is 1.58 bits per heavy atom. The van der Waals surface area contributed by atoms with Gasteiger partial charge in [-0.2, -0.15) is 0 Å². The molecular formula is C9H16N2O. The standard InChI is InChI=1S/C9H16N2O/c1-5-10-6-8(4)11(7(2)3)9(10)12/h7H,4-6H2,1-3H3. The maximum atomic E-state index is 11.6. The number of carbonyl (C=O) groups excluding carboxylic acids is 1. The van der Waals surface area contributed by atoms with Crippen molar-refractivity contribution in [2.24, 2.45) is 0 Å². The Hall–Kier alpha value is -0.990. The molecule has 0 aliphatic carbocycles. The van der Waals surface area contributed by atoms with E-state index in [1.807, 2.05) is 20.8 Å². The van der Waals surface area contributed by atoms with Crippen LogP contribution in [0.4, 0.5) is 4.79 Å². The van der Waals surface area contributed by atoms with Crippen molar-refractivity contribution in [1.82, 2.24) is 9.80 Å². The summed E-state index contributed by atoms with van der Waals surface area (Å²) in [6.45, 7) is 11.3. The predicted molar refractivity (Wildman–Crippen MR) is 48.8 cm³/mol. The maximum Gasteiger partial charge on any atom is 0.324 e. The molecule has 0 spiro atoms. The molecular weight excluding hydrogens is 152 g/mol. The Kier molecular flexibility index (Phi) is 2.40. The van der Waals surface area contributed by atoms with E-state index in [1.165, 1.54) is 0 Å². The van der Waals surface area contributed by atoms with Crippen molar-refractivity contribution < 1.29 is 4.79 Å². The van der Waals surface area contributed by atoms with E-state index < -0.39 is 0 Å². The lowest BCUT2D eigenvalue weighted by atomic mass is 10.3. The van der Waals surface area contributed by atoms with Crippen LogP contribution in [0.5, 0.6) is 0 Å². The summed E-state index contributed by atoms with van der Waals surface area (Å²) in [5, 5.41) is 0. The second-order valence-corrected chi connectivity index (χ2v) is 3.33. The highest BCUT2D eigenvalue weighted by molar-refractivity contribution is 5.79. The summed E-state index contributed by atoms with van der Waals surface area (Å²) in [5.74, 6) is 0. The monoisotopic (exact) mass is 168 g/mol. The van der Waals surface area contributed by atoms with Gasteiger partial charge in [0, 0.05) is 18.3 Å². The van der Waals surface area contributed by atoms with Crippen molar-refractivity contribution in [1.29, 1.82) is 0 Å². The molecule has 1 aliphatic rings. The van der Waals surface area contributed by atoms with Crippen molar-refractivity contribution >= 4 is 6.03 Å². The molecule has 0 atom stereocenters. The number of urea groups is 1. The molecule has 1 aliphatic heterocycles. The number of likely N-dealkylation sites (N-methyl/N-ethyl adjacent to an activating group) is 1. The summed E-state index contributed by atoms with van der Waals surface area (Å²) in [7, 11) is 0. The predicted octanol–water partition coefficient (Wildman–Crippen LogP) is 1.67. The van der Waals surface area contributed by atoms with Crippen LogP contribution in [0.15, 0.2) is 12.3 Å². The van der Waals surface area contributed by atoms with Gasteiger partial charge in [-0.25, -0.2) is 4.79 Å². The first kappa shape index (κ1) is 9.10. The summed E-state index contributed by atoms with van der Waals surface area (Å²) >= 11 is 0. The molecule has 0 aromatic carbocycles. The van der Waals surface area contributed by atoms with Crippen molar-refractivity contribution in [3.05, 3.63) is 12.3 Å². The number of rotatable bonds is 2. The highest BCUT2D eigenvalue weighted by Gasteiger charge is 2.31. The molecule has 3 heteroatoms. The largest absolute Gasteiger partial charge is 0.324 e. The summed E-state index contributed by atoms with van der Waals surface area (Å²) in [6.07, 6.45) is 0. The van der Waals surface area contributed by atoms with Gasteiger partial charge >= 0.3 is 6.03 Å². The molecule has 0 aromatic heterocycles. The van der Waals surface area contributed by atoms with Crippen molar-refractivity contribution in [2.45, 2.75) is 26.8 Å². The molecule has 0 unspecified atom stereocenters. The molecule has 1 fully saturated rings. The molecule has 0 radical (unpaired) electrons. The van der Waals surface area contributed by atoms with Crippen LogP contribution in [0.25, 0.3) is 0 Å². The fourth-order valence-electron chi connectivity index (χ4n) is 1.48. The highest BCUT2D eigenvalue weighted by atomic mass is 16.2. The average molecular weight is 168 g/mol. The van der Waals surface area contributed by atoms with Crippen LogP contribution in [-0.4, -0.2) is 35.0 Å². The Balaban J connectivity index is 2.77. The molecule has 0 saturated carbocycles. The third kappa shape index (κ3) is 1.31. The van der Waals surface area contributed by atoms with Crippen LogP contribution in [0.1, 0.15) is 20.8 Å². The van der Waals surface area contributed by atoms with Gasteiger partial charge in [0.05, 0.1) is 6.54 Å². The quantitative estimate of drug-likeness (QED) is 0.615. The molecule has 68 valence electrons. The SMILES string of the molecule is C=C1CN(CC)C(=O)N1C(C)C. The number of hydrogen-bond acceptors (Lipinski definition) is 1. The van der Waals surface area contributed by atoms with Gasteiger partial charge < -0.3 is 4.90 Å². The normalized spacial score (nSPS) is 18.3. The molecule has 12 heavy (non-hydrogen) atoms. The molecule has 2 amide bonds. The lowest BCUT2D eigenvalue weighted by Gasteiger charge is -2.21. The van der Waals surface area contributed by atoms with E-state index in [0.29, 0.717) is 6.54 Å². The Morgan fingerprint density at radius 3 is 2.42 bits per heavy atom. The lowest BCUT2D eigenvalue weighted by molar-refractivity contribution is 0.189. The molecule has 0 bridgehead atoms. The second kappa shape index (κ2) is 3.17. The zero-order valence-electron chi connectivity index (χ0n) is 8.00. The Bertz CT molecular complexity index is 211. The van der Waals surface area contributed by atoms with Crippen LogP contribution in [0.2, 0.25) is 0 Å². The fraction of sp³-hybridized carbons (Fsp3) is 0.667. The minimum absolute atomic E-state index is 0.0949. The maximum absolute atomic E-state index is 11.6. The summed E-state index contributed by atoms with van der Waals surface area (Å²) in [6, 6.07) is 0.319. The van der Waals surface area contributed by atoms with Crippen molar-refractivity contribution in [3.63, 3.8) is 0 Å². The van der Waals surface area contributed by atoms with Crippen LogP contribution >= 0.6 is 0 Å². The van der Waals surface area contributed by atoms with Gasteiger partial charge in [-0.3, -0.25) is 4.90 Å². The van der Waals surface area contributed by atoms with Crippen LogP contribution in [-0.2, 0) is 0 Å². The highest BCUT2D eigenvalue weighted by Crippen LogP contribution is 2.19. The van der Waals surface area contributed by atoms with Gasteiger partial charge in [0.2, 0.25) is 0 Å². The molecule has 1 saturated heterocycles. The summed E-state index contributed by atoms with van der Waals surface area (Å²) in [5.41, 5.74) is 0.914. The lowest BCUT2D eigenvalue weighted by Crippen LogP contribution is -2.35. The average Bonchev–Trinajstić information content (AvgIpc) is 2.25. The molecule has 3 nitrogen and oxygen atoms in total. The number of amides is 2. The Morgan fingerprint density at radius 2 is 2.17 bits per heavy atom. The third-order valence-corrected chi connectivity index (χ3v) is 2.09. The zero-order valence-corrected chi connectivity index (χ0v) is 8.00. The smallest absolute Gasteiger partial charge is 0.319 e. The van der Waals surface area contributed by atoms with E-state index in [9.17, 15) is 4.79 Å². The molecule has 0 N–H and O–H groups in total. The van der Waals surface area contributed by atoms with Crippen molar-refractivity contribution in [3.8, 4) is 0 Å². The van der Waals surface area contributed by atoms with Gasteiger partial charge in [-0.15, -0.1) is 0 Å². The van der Waals surface area contributed by atoms with E-state index >= 15 is 0 Å². The topological polar surface area (TPSA) is 23.6 Å². The van der Waals surface area contributed by atoms with Gasteiger partial charge in [0.15, 0.2) is 0 Å². The first-order valence-electron chi connectivity index (χ1n) is 4.33. The molecule has 1 rings (SSSR count). The van der Waals surface area contributed by atoms with Gasteiger partial charge in [0.1, 0.15) is 0 Å². The minimum Gasteiger partial charge on any atom is -0.319 e. The number of nitrogens with zero attached hydrogens (tertiary/aromatic N) is 2. The van der Waals surface area contributed by atoms with E-state index in [-0.39, 0.29) is 12.1 Å². The fourth-order valence-corrected chi connectivity index (χ4v) is 1.48. The molecule has 0 aromatic rings. The molecule has 1 heterocycles. The second-order valence-electron chi connectivity index (χ2n) is 3.33. The number of carbonyl (C=O) groups is 1. The van der Waals surface area contributed by atoms with E-state index in [4.69, 9.17) is 0 Å². The van der Waals surface area contributed by atoms with Crippen LogP contribution in [0, 0.1) is 0 Å². The van der Waals surface area contributed by atoms with Gasteiger partial charge in [0.25, 0.3) is 0 Å². The minimum atomic E-state index is 0.0949.